The molecule has 1 aliphatic rings. The molecule has 0 bridgehead atoms. The number of amides is 3. The Balaban J connectivity index is 0.00000480. The van der Waals surface area contributed by atoms with Crippen molar-refractivity contribution in [1.29, 1.82) is 0 Å². The van der Waals surface area contributed by atoms with Gasteiger partial charge in [0, 0.05) is 16.7 Å². The molecule has 3 amide bonds. The summed E-state index contributed by atoms with van der Waals surface area (Å²) in [5.41, 5.74) is 1.76. The average Bonchev–Trinajstić information content (AvgIpc) is 3.15. The summed E-state index contributed by atoms with van der Waals surface area (Å²) in [4.78, 5) is 56.1. The molecule has 0 radical (unpaired) electrons. The van der Waals surface area contributed by atoms with Gasteiger partial charge in [-0.2, -0.15) is 8.78 Å². The SMILES string of the molecule is CNC(C)C(=O)NC1CN(C(=O)c2ccc(C(C)=O)cc2)c2ccccc2N(Cc2c(OC(F)F)ccc3ccccc23)C1=O.Cl. The zero-order chi connectivity index (χ0) is 32.2. The van der Waals surface area contributed by atoms with Crippen molar-refractivity contribution in [3.05, 3.63) is 102 Å². The normalized spacial score (nSPS) is 15.1. The summed E-state index contributed by atoms with van der Waals surface area (Å²) < 4.78 is 31.9. The topological polar surface area (TPSA) is 108 Å². The summed E-state index contributed by atoms with van der Waals surface area (Å²) in [5.74, 6) is -1.72. The standard InChI is InChI=1S/C34H32F2N4O5.ClH/c1-20(37-3)31(42)38-27-19-40(32(43)24-14-12-22(13-15-24)21(2)41)29-11-7-6-10-28(29)39(33(27)44)18-26-25-9-5-4-8-23(25)16-17-30(26)45-34(35)36;/h4-17,20,27,34,37H,18-19H2,1-3H3,(H,38,42);1H. The van der Waals surface area contributed by atoms with Crippen molar-refractivity contribution in [3.63, 3.8) is 0 Å². The molecule has 4 aromatic carbocycles. The highest BCUT2D eigenvalue weighted by Gasteiger charge is 2.38. The number of halogens is 3. The van der Waals surface area contributed by atoms with Crippen LogP contribution in [0.1, 0.15) is 40.1 Å². The van der Waals surface area contributed by atoms with Crippen LogP contribution in [-0.4, -0.2) is 55.8 Å². The second-order valence-corrected chi connectivity index (χ2v) is 10.7. The van der Waals surface area contributed by atoms with E-state index in [1.54, 1.807) is 68.6 Å². The van der Waals surface area contributed by atoms with Gasteiger partial charge in [0.05, 0.1) is 30.5 Å². The van der Waals surface area contributed by atoms with Crippen LogP contribution < -0.4 is 25.2 Å². The summed E-state index contributed by atoms with van der Waals surface area (Å²) in [6.45, 7) is -0.447. The monoisotopic (exact) mass is 650 g/mol. The first-order valence-electron chi connectivity index (χ1n) is 14.4. The number of nitrogens with one attached hydrogen (secondary N) is 2. The van der Waals surface area contributed by atoms with Crippen LogP contribution in [-0.2, 0) is 16.1 Å². The van der Waals surface area contributed by atoms with Crippen LogP contribution in [0.3, 0.4) is 0 Å². The first kappa shape index (κ1) is 34.0. The van der Waals surface area contributed by atoms with Crippen molar-refractivity contribution >= 4 is 58.1 Å². The number of para-hydroxylation sites is 2. The fourth-order valence-corrected chi connectivity index (χ4v) is 5.32. The van der Waals surface area contributed by atoms with Crippen molar-refractivity contribution in [2.75, 3.05) is 23.4 Å². The molecule has 46 heavy (non-hydrogen) atoms. The maximum atomic E-state index is 14.4. The molecule has 5 rings (SSSR count). The minimum Gasteiger partial charge on any atom is -0.434 e. The predicted molar refractivity (Wildman–Crippen MR) is 174 cm³/mol. The molecule has 2 unspecified atom stereocenters. The Kier molecular flexibility index (Phi) is 10.7. The van der Waals surface area contributed by atoms with E-state index in [1.165, 1.54) is 34.9 Å². The number of ether oxygens (including phenoxy) is 1. The van der Waals surface area contributed by atoms with Crippen LogP contribution in [0.4, 0.5) is 20.2 Å². The molecule has 0 saturated carbocycles. The van der Waals surface area contributed by atoms with Crippen molar-refractivity contribution in [1.82, 2.24) is 10.6 Å². The molecule has 1 aliphatic heterocycles. The largest absolute Gasteiger partial charge is 0.434 e. The number of carbonyl (C=O) groups excluding carboxylic acids is 4. The van der Waals surface area contributed by atoms with E-state index in [4.69, 9.17) is 4.74 Å². The summed E-state index contributed by atoms with van der Waals surface area (Å²) in [5, 5.41) is 6.97. The Morgan fingerprint density at radius 3 is 2.20 bits per heavy atom. The van der Waals surface area contributed by atoms with Gasteiger partial charge in [-0.1, -0.05) is 54.6 Å². The molecule has 240 valence electrons. The Morgan fingerprint density at radius 2 is 1.54 bits per heavy atom. The first-order chi connectivity index (χ1) is 21.6. The first-order valence-corrected chi connectivity index (χ1v) is 14.4. The fourth-order valence-electron chi connectivity index (χ4n) is 5.32. The van der Waals surface area contributed by atoms with Gasteiger partial charge in [0.15, 0.2) is 5.78 Å². The van der Waals surface area contributed by atoms with Crippen molar-refractivity contribution < 1.29 is 32.7 Å². The van der Waals surface area contributed by atoms with Crippen molar-refractivity contribution in [2.24, 2.45) is 0 Å². The smallest absolute Gasteiger partial charge is 0.387 e. The Morgan fingerprint density at radius 1 is 0.913 bits per heavy atom. The molecule has 2 atom stereocenters. The second kappa shape index (κ2) is 14.5. The molecule has 0 saturated heterocycles. The average molecular weight is 651 g/mol. The van der Waals surface area contributed by atoms with Crippen molar-refractivity contribution in [2.45, 2.75) is 39.1 Å². The maximum Gasteiger partial charge on any atom is 0.387 e. The summed E-state index contributed by atoms with van der Waals surface area (Å²) in [6, 6.07) is 21.3. The number of Topliss-reactive ketones (excluding diaryl/α,β-unsaturated/α-hetero) is 1. The van der Waals surface area contributed by atoms with E-state index in [-0.39, 0.29) is 42.6 Å². The Bertz CT molecular complexity index is 1770. The third-order valence-electron chi connectivity index (χ3n) is 7.85. The van der Waals surface area contributed by atoms with Gasteiger partial charge in [0.1, 0.15) is 11.8 Å². The molecule has 0 fully saturated rings. The zero-order valence-electron chi connectivity index (χ0n) is 25.3. The van der Waals surface area contributed by atoms with Crippen LogP contribution in [0, 0.1) is 0 Å². The van der Waals surface area contributed by atoms with E-state index < -0.39 is 36.4 Å². The number of hydrogen-bond acceptors (Lipinski definition) is 6. The van der Waals surface area contributed by atoms with E-state index in [0.29, 0.717) is 27.9 Å². The number of rotatable bonds is 9. The van der Waals surface area contributed by atoms with E-state index >= 15 is 0 Å². The fraction of sp³-hybridized carbons (Fsp3) is 0.235. The number of likely N-dealkylation sites (N-methyl/N-ethyl adjacent to an activating group) is 1. The van der Waals surface area contributed by atoms with Gasteiger partial charge < -0.3 is 25.2 Å². The molecule has 9 nitrogen and oxygen atoms in total. The Hall–Kier alpha value is -4.87. The third kappa shape index (κ3) is 7.00. The van der Waals surface area contributed by atoms with Gasteiger partial charge in [0.25, 0.3) is 11.8 Å². The summed E-state index contributed by atoms with van der Waals surface area (Å²) >= 11 is 0. The number of hydrogen-bond donors (Lipinski definition) is 2. The lowest BCUT2D eigenvalue weighted by molar-refractivity contribution is -0.128. The van der Waals surface area contributed by atoms with Gasteiger partial charge in [-0.15, -0.1) is 12.4 Å². The van der Waals surface area contributed by atoms with Crippen LogP contribution in [0.2, 0.25) is 0 Å². The van der Waals surface area contributed by atoms with Gasteiger partial charge in [0.2, 0.25) is 5.91 Å². The highest BCUT2D eigenvalue weighted by Crippen LogP contribution is 2.38. The quantitative estimate of drug-likeness (QED) is 0.237. The molecule has 4 aromatic rings. The van der Waals surface area contributed by atoms with Gasteiger partial charge in [-0.05, 0) is 62.0 Å². The zero-order valence-corrected chi connectivity index (χ0v) is 26.1. The molecule has 0 aliphatic carbocycles. The number of carbonyl (C=O) groups is 4. The van der Waals surface area contributed by atoms with Gasteiger partial charge in [-0.3, -0.25) is 19.2 Å². The molecule has 1 heterocycles. The van der Waals surface area contributed by atoms with E-state index in [2.05, 4.69) is 10.6 Å². The Labute approximate surface area is 270 Å². The number of alkyl halides is 2. The number of ketones is 1. The second-order valence-electron chi connectivity index (χ2n) is 10.7. The highest BCUT2D eigenvalue weighted by atomic mass is 35.5. The number of fused-ring (bicyclic) bond motifs is 2. The predicted octanol–water partition coefficient (Wildman–Crippen LogP) is 5.35. The van der Waals surface area contributed by atoms with Gasteiger partial charge in [-0.25, -0.2) is 0 Å². The highest BCUT2D eigenvalue weighted by molar-refractivity contribution is 6.13. The minimum absolute atomic E-state index is 0. The molecular formula is C34H33ClF2N4O5. The van der Waals surface area contributed by atoms with Crippen molar-refractivity contribution in [3.8, 4) is 5.75 Å². The van der Waals surface area contributed by atoms with Crippen LogP contribution in [0.25, 0.3) is 10.8 Å². The third-order valence-corrected chi connectivity index (χ3v) is 7.85. The van der Waals surface area contributed by atoms with Crippen LogP contribution >= 0.6 is 12.4 Å². The van der Waals surface area contributed by atoms with E-state index in [1.807, 2.05) is 12.1 Å². The molecule has 2 N–H and O–H groups in total. The molecule has 0 aromatic heterocycles. The maximum absolute atomic E-state index is 14.4. The molecule has 12 heteroatoms. The lowest BCUT2D eigenvalue weighted by Gasteiger charge is -2.27. The summed E-state index contributed by atoms with van der Waals surface area (Å²) in [6.07, 6.45) is 0. The molecular weight excluding hydrogens is 618 g/mol. The lowest BCUT2D eigenvalue weighted by atomic mass is 10.0. The van der Waals surface area contributed by atoms with Crippen LogP contribution in [0.5, 0.6) is 5.75 Å². The van der Waals surface area contributed by atoms with E-state index in [0.717, 1.165) is 5.39 Å². The lowest BCUT2D eigenvalue weighted by Crippen LogP contribution is -2.55. The van der Waals surface area contributed by atoms with Crippen LogP contribution in [0.15, 0.2) is 84.9 Å². The summed E-state index contributed by atoms with van der Waals surface area (Å²) in [7, 11) is 1.60. The van der Waals surface area contributed by atoms with E-state index in [9.17, 15) is 28.0 Å². The number of anilines is 2. The molecule has 0 spiro atoms. The minimum atomic E-state index is -3.10. The van der Waals surface area contributed by atoms with Gasteiger partial charge >= 0.3 is 6.61 Å². The number of nitrogens with zero attached hydrogens (tertiary/aromatic N) is 2. The number of benzene rings is 4.